The Kier molecular flexibility index (Phi) is 5.50. The number of aryl methyl sites for hydroxylation is 2. The first-order chi connectivity index (χ1) is 7.58. The van der Waals surface area contributed by atoms with Crippen molar-refractivity contribution in [3.8, 4) is 0 Å². The molecule has 0 unspecified atom stereocenters. The molecule has 0 bridgehead atoms. The van der Waals surface area contributed by atoms with Gasteiger partial charge >= 0.3 is 0 Å². The molecule has 0 saturated heterocycles. The van der Waals surface area contributed by atoms with Crippen LogP contribution in [0.5, 0.6) is 0 Å². The molecule has 1 aromatic carbocycles. The molecule has 2 nitrogen and oxygen atoms in total. The van der Waals surface area contributed by atoms with Gasteiger partial charge in [-0.1, -0.05) is 43.2 Å². The molecule has 0 aliphatic rings. The summed E-state index contributed by atoms with van der Waals surface area (Å²) in [4.78, 5) is 0. The molecule has 0 aromatic heterocycles. The number of hydrogen-bond donors (Lipinski definition) is 1. The van der Waals surface area contributed by atoms with Crippen LogP contribution in [-0.4, -0.2) is 19.2 Å². The minimum atomic E-state index is 0.532. The van der Waals surface area contributed by atoms with Gasteiger partial charge in [0.25, 0.3) is 0 Å². The molecule has 0 atom stereocenters. The van der Waals surface area contributed by atoms with Crippen molar-refractivity contribution in [2.75, 3.05) is 13.2 Å². The predicted octanol–water partition coefficient (Wildman–Crippen LogP) is 2.82. The van der Waals surface area contributed by atoms with Gasteiger partial charge in [-0.3, -0.25) is 0 Å². The SMILES string of the molecule is Cc1cc(C)cc(COCCNC(C)C)c1. The topological polar surface area (TPSA) is 21.3 Å². The van der Waals surface area contributed by atoms with Gasteiger partial charge in [0, 0.05) is 12.6 Å². The van der Waals surface area contributed by atoms with Gasteiger partial charge in [0.05, 0.1) is 13.2 Å². The molecule has 1 N–H and O–H groups in total. The summed E-state index contributed by atoms with van der Waals surface area (Å²) < 4.78 is 5.62. The molecule has 0 amide bonds. The van der Waals surface area contributed by atoms with Crippen molar-refractivity contribution in [3.05, 3.63) is 34.9 Å². The van der Waals surface area contributed by atoms with Crippen LogP contribution < -0.4 is 5.32 Å². The molecule has 2 heteroatoms. The fraction of sp³-hybridized carbons (Fsp3) is 0.571. The zero-order valence-electron chi connectivity index (χ0n) is 10.8. The lowest BCUT2D eigenvalue weighted by molar-refractivity contribution is 0.121. The van der Waals surface area contributed by atoms with E-state index in [4.69, 9.17) is 4.74 Å². The van der Waals surface area contributed by atoms with Crippen molar-refractivity contribution >= 4 is 0 Å². The number of rotatable bonds is 6. The first-order valence-electron chi connectivity index (χ1n) is 5.96. The van der Waals surface area contributed by atoms with Crippen LogP contribution >= 0.6 is 0 Å². The lowest BCUT2D eigenvalue weighted by Gasteiger charge is -2.09. The molecule has 16 heavy (non-hydrogen) atoms. The standard InChI is InChI=1S/C14H23NO/c1-11(2)15-5-6-16-10-14-8-12(3)7-13(4)9-14/h7-9,11,15H,5-6,10H2,1-4H3. The third-order valence-electron chi connectivity index (χ3n) is 2.35. The molecule has 0 saturated carbocycles. The van der Waals surface area contributed by atoms with E-state index >= 15 is 0 Å². The van der Waals surface area contributed by atoms with Gasteiger partial charge in [-0.25, -0.2) is 0 Å². The summed E-state index contributed by atoms with van der Waals surface area (Å²) in [6, 6.07) is 7.08. The van der Waals surface area contributed by atoms with E-state index in [9.17, 15) is 0 Å². The van der Waals surface area contributed by atoms with Gasteiger partial charge < -0.3 is 10.1 Å². The van der Waals surface area contributed by atoms with Crippen LogP contribution in [0.2, 0.25) is 0 Å². The maximum Gasteiger partial charge on any atom is 0.0717 e. The Morgan fingerprint density at radius 3 is 2.31 bits per heavy atom. The fourth-order valence-electron chi connectivity index (χ4n) is 1.76. The van der Waals surface area contributed by atoms with E-state index in [0.717, 1.165) is 13.2 Å². The summed E-state index contributed by atoms with van der Waals surface area (Å²) >= 11 is 0. The Morgan fingerprint density at radius 1 is 1.12 bits per heavy atom. The molecule has 0 radical (unpaired) electrons. The van der Waals surface area contributed by atoms with Crippen LogP contribution in [-0.2, 0) is 11.3 Å². The maximum atomic E-state index is 5.62. The lowest BCUT2D eigenvalue weighted by Crippen LogP contribution is -2.26. The molecule has 0 aliphatic heterocycles. The van der Waals surface area contributed by atoms with Crippen molar-refractivity contribution in [3.63, 3.8) is 0 Å². The second-order valence-electron chi connectivity index (χ2n) is 4.66. The molecule has 1 aromatic rings. The molecule has 0 heterocycles. The van der Waals surface area contributed by atoms with Crippen LogP contribution in [0.15, 0.2) is 18.2 Å². The molecule has 0 spiro atoms. The largest absolute Gasteiger partial charge is 0.375 e. The van der Waals surface area contributed by atoms with Crippen LogP contribution in [0, 0.1) is 13.8 Å². The van der Waals surface area contributed by atoms with Gasteiger partial charge in [-0.2, -0.15) is 0 Å². The summed E-state index contributed by atoms with van der Waals surface area (Å²) in [5.74, 6) is 0. The summed E-state index contributed by atoms with van der Waals surface area (Å²) in [5.41, 5.74) is 3.87. The fourth-order valence-corrected chi connectivity index (χ4v) is 1.76. The van der Waals surface area contributed by atoms with Gasteiger partial charge in [0.2, 0.25) is 0 Å². The predicted molar refractivity (Wildman–Crippen MR) is 68.7 cm³/mol. The first kappa shape index (κ1) is 13.2. The van der Waals surface area contributed by atoms with E-state index < -0.39 is 0 Å². The van der Waals surface area contributed by atoms with E-state index in [1.807, 2.05) is 0 Å². The van der Waals surface area contributed by atoms with Gasteiger partial charge in [-0.15, -0.1) is 0 Å². The van der Waals surface area contributed by atoms with E-state index in [0.29, 0.717) is 12.6 Å². The lowest BCUT2D eigenvalue weighted by atomic mass is 10.1. The minimum Gasteiger partial charge on any atom is -0.375 e. The Labute approximate surface area is 99.0 Å². The Bertz CT molecular complexity index is 300. The minimum absolute atomic E-state index is 0.532. The summed E-state index contributed by atoms with van der Waals surface area (Å²) in [6.45, 7) is 10.9. The van der Waals surface area contributed by atoms with E-state index in [2.05, 4.69) is 51.2 Å². The third-order valence-corrected chi connectivity index (χ3v) is 2.35. The van der Waals surface area contributed by atoms with Crippen molar-refractivity contribution in [1.82, 2.24) is 5.32 Å². The average Bonchev–Trinajstić information content (AvgIpc) is 2.15. The highest BCUT2D eigenvalue weighted by Crippen LogP contribution is 2.09. The van der Waals surface area contributed by atoms with Crippen LogP contribution in [0.4, 0.5) is 0 Å². The highest BCUT2D eigenvalue weighted by Gasteiger charge is 1.97. The zero-order chi connectivity index (χ0) is 12.0. The van der Waals surface area contributed by atoms with Crippen molar-refractivity contribution in [2.24, 2.45) is 0 Å². The normalized spacial score (nSPS) is 11.1. The first-order valence-corrected chi connectivity index (χ1v) is 5.96. The number of nitrogens with one attached hydrogen (secondary N) is 1. The highest BCUT2D eigenvalue weighted by atomic mass is 16.5. The second-order valence-corrected chi connectivity index (χ2v) is 4.66. The van der Waals surface area contributed by atoms with Gasteiger partial charge in [-0.05, 0) is 19.4 Å². The molecular formula is C14H23NO. The summed E-state index contributed by atoms with van der Waals surface area (Å²) in [5, 5.41) is 3.33. The van der Waals surface area contributed by atoms with Crippen LogP contribution in [0.3, 0.4) is 0 Å². The van der Waals surface area contributed by atoms with E-state index in [1.54, 1.807) is 0 Å². The Hall–Kier alpha value is -0.860. The molecule has 90 valence electrons. The average molecular weight is 221 g/mol. The monoisotopic (exact) mass is 221 g/mol. The van der Waals surface area contributed by atoms with Crippen molar-refractivity contribution in [2.45, 2.75) is 40.3 Å². The number of hydrogen-bond acceptors (Lipinski definition) is 2. The van der Waals surface area contributed by atoms with Crippen molar-refractivity contribution < 1.29 is 4.74 Å². The van der Waals surface area contributed by atoms with Gasteiger partial charge in [0.1, 0.15) is 0 Å². The maximum absolute atomic E-state index is 5.62. The van der Waals surface area contributed by atoms with Crippen LogP contribution in [0.1, 0.15) is 30.5 Å². The Balaban J connectivity index is 2.26. The van der Waals surface area contributed by atoms with E-state index in [1.165, 1.54) is 16.7 Å². The number of benzene rings is 1. The molecule has 0 fully saturated rings. The molecule has 0 aliphatic carbocycles. The highest BCUT2D eigenvalue weighted by molar-refractivity contribution is 5.27. The quantitative estimate of drug-likeness (QED) is 0.746. The van der Waals surface area contributed by atoms with Gasteiger partial charge in [0.15, 0.2) is 0 Å². The zero-order valence-corrected chi connectivity index (χ0v) is 10.8. The van der Waals surface area contributed by atoms with Crippen LogP contribution in [0.25, 0.3) is 0 Å². The summed E-state index contributed by atoms with van der Waals surface area (Å²) in [6.07, 6.45) is 0. The summed E-state index contributed by atoms with van der Waals surface area (Å²) in [7, 11) is 0. The molecular weight excluding hydrogens is 198 g/mol. The third kappa shape index (κ3) is 5.29. The number of ether oxygens (including phenoxy) is 1. The molecule has 1 rings (SSSR count). The second kappa shape index (κ2) is 6.66. The van der Waals surface area contributed by atoms with E-state index in [-0.39, 0.29) is 0 Å². The van der Waals surface area contributed by atoms with Crippen molar-refractivity contribution in [1.29, 1.82) is 0 Å². The Morgan fingerprint density at radius 2 is 1.75 bits per heavy atom. The smallest absolute Gasteiger partial charge is 0.0717 e.